The maximum absolute atomic E-state index is 14.7. The number of Topliss-reactive ketones (excluding diaryl/α,β-unsaturated/α-hetero) is 1. The summed E-state index contributed by atoms with van der Waals surface area (Å²) < 4.78 is 56.9. The lowest BCUT2D eigenvalue weighted by molar-refractivity contribution is -0.139. The normalized spacial score (nSPS) is 22.4. The number of nitriles is 1. The van der Waals surface area contributed by atoms with E-state index in [2.05, 4.69) is 41.1 Å². The third-order valence-corrected chi connectivity index (χ3v) is 11.3. The van der Waals surface area contributed by atoms with Gasteiger partial charge in [-0.1, -0.05) is 43.9 Å². The molecule has 1 aromatic carbocycles. The number of piperazine rings is 1. The second kappa shape index (κ2) is 14.6. The smallest absolute Gasteiger partial charge is 0.372 e. The van der Waals surface area contributed by atoms with E-state index in [-0.39, 0.29) is 31.2 Å². The molecule has 3 aliphatic heterocycles. The highest BCUT2D eigenvalue weighted by Gasteiger charge is 2.46. The van der Waals surface area contributed by atoms with E-state index < -0.39 is 49.7 Å². The van der Waals surface area contributed by atoms with E-state index in [0.29, 0.717) is 50.3 Å². The minimum absolute atomic E-state index is 0.0496. The molecule has 1 N–H and O–H groups in total. The van der Waals surface area contributed by atoms with Gasteiger partial charge in [0, 0.05) is 59.7 Å². The summed E-state index contributed by atoms with van der Waals surface area (Å²) in [6.45, 7) is 8.19. The molecule has 0 bridgehead atoms. The molecule has 0 amide bonds. The first-order valence-electron chi connectivity index (χ1n) is 16.9. The number of nitrogens with one attached hydrogen (secondary N) is 1. The van der Waals surface area contributed by atoms with Crippen LogP contribution < -0.4 is 20.7 Å². The number of fused-ring (bicyclic) bond motifs is 1. The highest BCUT2D eigenvalue weighted by Crippen LogP contribution is 2.46. The molecule has 5 heterocycles. The Balaban J connectivity index is 1.22. The second-order valence-electron chi connectivity index (χ2n) is 14.3. The summed E-state index contributed by atoms with van der Waals surface area (Å²) in [4.78, 5) is 34.7. The lowest BCUT2D eigenvalue weighted by Gasteiger charge is -2.37. The van der Waals surface area contributed by atoms with Crippen LogP contribution in [0.15, 0.2) is 53.7 Å². The number of pyridine rings is 1. The number of alkyl halides is 3. The molecule has 3 aliphatic rings. The number of anilines is 2. The molecule has 4 unspecified atom stereocenters. The van der Waals surface area contributed by atoms with Gasteiger partial charge in [-0.25, -0.2) is 4.68 Å². The molecular weight excluding hydrogens is 668 g/mol. The van der Waals surface area contributed by atoms with E-state index in [1.54, 1.807) is 17.2 Å². The number of nitrogens with zero attached hydrogens (tertiary/aromatic N) is 6. The quantitative estimate of drug-likeness (QED) is 0.218. The fourth-order valence-electron chi connectivity index (χ4n) is 7.12. The van der Waals surface area contributed by atoms with Crippen molar-refractivity contribution in [3.05, 3.63) is 81.5 Å². The molecule has 6 rings (SSSR count). The van der Waals surface area contributed by atoms with E-state index in [9.17, 15) is 28.0 Å². The molecule has 0 saturated carbocycles. The van der Waals surface area contributed by atoms with Crippen molar-refractivity contribution in [1.82, 2.24) is 20.1 Å². The van der Waals surface area contributed by atoms with Crippen LogP contribution in [0.5, 0.6) is 0 Å². The number of carbonyl (C=O) groups excluding carboxylic acids is 1. The average Bonchev–Trinajstić information content (AvgIpc) is 3.70. The van der Waals surface area contributed by atoms with Crippen LogP contribution in [0.4, 0.5) is 24.5 Å². The largest absolute Gasteiger partial charge is 0.423 e. The number of benzene rings is 1. The van der Waals surface area contributed by atoms with Gasteiger partial charge in [-0.2, -0.15) is 23.5 Å². The van der Waals surface area contributed by atoms with Crippen LogP contribution in [0.2, 0.25) is 25.7 Å². The summed E-state index contributed by atoms with van der Waals surface area (Å²) in [5, 5.41) is 17.0. The molecule has 2 fully saturated rings. The van der Waals surface area contributed by atoms with Gasteiger partial charge in [0.15, 0.2) is 5.78 Å². The summed E-state index contributed by atoms with van der Waals surface area (Å²) in [5.41, 5.74) is -0.156. The third kappa shape index (κ3) is 7.63. The van der Waals surface area contributed by atoms with Crippen molar-refractivity contribution in [2.24, 2.45) is 0 Å². The molecule has 0 aliphatic carbocycles. The number of ketones is 1. The Kier molecular flexibility index (Phi) is 10.5. The summed E-state index contributed by atoms with van der Waals surface area (Å²) in [5.74, 6) is -0.0496. The molecule has 3 aromatic rings. The minimum Gasteiger partial charge on any atom is -0.372 e. The summed E-state index contributed by atoms with van der Waals surface area (Å²) in [6.07, 6.45) is -0.552. The molecule has 2 saturated heterocycles. The van der Waals surface area contributed by atoms with Crippen LogP contribution in [0.3, 0.4) is 0 Å². The first-order chi connectivity index (χ1) is 23.9. The molecule has 0 spiro atoms. The zero-order chi connectivity index (χ0) is 35.6. The number of hydrogen-bond donors (Lipinski definition) is 1. The molecule has 266 valence electrons. The van der Waals surface area contributed by atoms with Crippen LogP contribution >= 0.6 is 0 Å². The van der Waals surface area contributed by atoms with Crippen LogP contribution in [0.25, 0.3) is 0 Å². The van der Waals surface area contributed by atoms with Gasteiger partial charge in [-0.05, 0) is 36.1 Å². The summed E-state index contributed by atoms with van der Waals surface area (Å²) >= 11 is 0. The summed E-state index contributed by atoms with van der Waals surface area (Å²) in [6, 6.07) is 11.0. The van der Waals surface area contributed by atoms with Gasteiger partial charge in [-0.15, -0.1) is 0 Å². The van der Waals surface area contributed by atoms with E-state index in [4.69, 9.17) is 9.47 Å². The van der Waals surface area contributed by atoms with Crippen LogP contribution in [0.1, 0.15) is 47.6 Å². The Morgan fingerprint density at radius 3 is 2.70 bits per heavy atom. The van der Waals surface area contributed by atoms with Crippen molar-refractivity contribution in [1.29, 1.82) is 5.26 Å². The Bertz CT molecular complexity index is 1810. The van der Waals surface area contributed by atoms with Crippen molar-refractivity contribution in [2.45, 2.75) is 88.7 Å². The van der Waals surface area contributed by atoms with Crippen molar-refractivity contribution >= 4 is 25.2 Å². The lowest BCUT2D eigenvalue weighted by atomic mass is 9.97. The predicted molar refractivity (Wildman–Crippen MR) is 183 cm³/mol. The SMILES string of the molecule is C[Si](C)(C)CCOCn1ncc(N2Cc3ccccc3C2C2CCC(CC(=O)C3CNCCN3c3ccncc3C#N)O2)c(C(F)(F)F)c1=O. The van der Waals surface area contributed by atoms with Crippen molar-refractivity contribution in [3.8, 4) is 6.07 Å². The standard InChI is InChI=1S/C35H42F3N7O4Si/c1-50(2,3)15-14-48-22-45-34(47)32(35(36,37)38)29(20-42-45)44-21-23-6-4-5-7-26(23)33(44)31-9-8-25(49-31)16-30(46)28-19-41-12-13-43(28)27-10-11-40-18-24(27)17-39/h4-7,10-11,18,20,25,28,31,33,41H,8-9,12-16,19,21-22H2,1-3H3. The second-order valence-corrected chi connectivity index (χ2v) is 19.9. The maximum Gasteiger partial charge on any atom is 0.423 e. The molecule has 15 heteroatoms. The van der Waals surface area contributed by atoms with Crippen LogP contribution in [-0.2, 0) is 33.7 Å². The van der Waals surface area contributed by atoms with Crippen molar-refractivity contribution < 1.29 is 27.4 Å². The van der Waals surface area contributed by atoms with Crippen LogP contribution in [-0.4, -0.2) is 73.1 Å². The number of halogens is 3. The third-order valence-electron chi connectivity index (χ3n) is 9.64. The minimum atomic E-state index is -4.94. The number of ether oxygens (including phenoxy) is 2. The monoisotopic (exact) mass is 709 g/mol. The number of carbonyl (C=O) groups is 1. The molecule has 11 nitrogen and oxygen atoms in total. The topological polar surface area (TPSA) is 126 Å². The molecule has 4 atom stereocenters. The predicted octanol–water partition coefficient (Wildman–Crippen LogP) is 4.89. The van der Waals surface area contributed by atoms with Gasteiger partial charge in [0.25, 0.3) is 5.56 Å². The fraction of sp³-hybridized carbons (Fsp3) is 0.514. The Morgan fingerprint density at radius 1 is 1.14 bits per heavy atom. The molecule has 2 aromatic heterocycles. The number of aromatic nitrogens is 3. The highest BCUT2D eigenvalue weighted by atomic mass is 28.3. The Morgan fingerprint density at radius 2 is 1.94 bits per heavy atom. The van der Waals surface area contributed by atoms with Gasteiger partial charge >= 0.3 is 6.18 Å². The van der Waals surface area contributed by atoms with Gasteiger partial charge in [0.05, 0.1) is 41.4 Å². The van der Waals surface area contributed by atoms with E-state index >= 15 is 0 Å². The fourth-order valence-corrected chi connectivity index (χ4v) is 7.88. The van der Waals surface area contributed by atoms with Gasteiger partial charge < -0.3 is 24.6 Å². The van der Waals surface area contributed by atoms with Crippen molar-refractivity contribution in [2.75, 3.05) is 36.0 Å². The van der Waals surface area contributed by atoms with Gasteiger partial charge in [0.1, 0.15) is 24.4 Å². The lowest BCUT2D eigenvalue weighted by Crippen LogP contribution is -2.55. The maximum atomic E-state index is 14.7. The van der Waals surface area contributed by atoms with Crippen molar-refractivity contribution in [3.63, 3.8) is 0 Å². The molecular formula is C35H42F3N7O4Si. The first-order valence-corrected chi connectivity index (χ1v) is 20.7. The van der Waals surface area contributed by atoms with E-state index in [0.717, 1.165) is 28.0 Å². The Hall–Kier alpha value is -4.10. The van der Waals surface area contributed by atoms with Gasteiger partial charge in [0.2, 0.25) is 0 Å². The average molecular weight is 710 g/mol. The van der Waals surface area contributed by atoms with Gasteiger partial charge in [-0.3, -0.25) is 14.6 Å². The first kappa shape index (κ1) is 35.7. The zero-order valence-electron chi connectivity index (χ0n) is 28.4. The number of rotatable bonds is 11. The molecule has 50 heavy (non-hydrogen) atoms. The summed E-state index contributed by atoms with van der Waals surface area (Å²) in [7, 11) is -1.44. The Labute approximate surface area is 290 Å². The van der Waals surface area contributed by atoms with E-state index in [1.165, 1.54) is 6.20 Å². The zero-order valence-corrected chi connectivity index (χ0v) is 29.4. The molecule has 0 radical (unpaired) electrons. The highest BCUT2D eigenvalue weighted by molar-refractivity contribution is 6.76. The van der Waals surface area contributed by atoms with E-state index in [1.807, 2.05) is 29.2 Å². The number of hydrogen-bond acceptors (Lipinski definition) is 10. The van der Waals surface area contributed by atoms with Crippen LogP contribution in [0, 0.1) is 11.3 Å².